The van der Waals surface area contributed by atoms with E-state index in [1.54, 1.807) is 12.1 Å². The van der Waals surface area contributed by atoms with Crippen LogP contribution in [0.3, 0.4) is 0 Å². The van der Waals surface area contributed by atoms with Crippen molar-refractivity contribution in [3.05, 3.63) is 29.8 Å². The van der Waals surface area contributed by atoms with E-state index in [9.17, 15) is 9.90 Å². The van der Waals surface area contributed by atoms with E-state index < -0.39 is 0 Å². The Morgan fingerprint density at radius 3 is 2.48 bits per heavy atom. The van der Waals surface area contributed by atoms with E-state index in [0.717, 1.165) is 43.8 Å². The van der Waals surface area contributed by atoms with E-state index >= 15 is 0 Å². The van der Waals surface area contributed by atoms with Crippen LogP contribution in [-0.2, 0) is 6.54 Å². The predicted octanol–water partition coefficient (Wildman–Crippen LogP) is 3.19. The topological polar surface area (TPSA) is 55.8 Å². The minimum atomic E-state index is 0.0570. The number of benzene rings is 1. The van der Waals surface area contributed by atoms with Gasteiger partial charge >= 0.3 is 6.03 Å². The van der Waals surface area contributed by atoms with Crippen molar-refractivity contribution in [2.45, 2.75) is 51.6 Å². The molecule has 5 nitrogen and oxygen atoms in total. The Morgan fingerprint density at radius 2 is 1.88 bits per heavy atom. The van der Waals surface area contributed by atoms with Gasteiger partial charge in [0, 0.05) is 19.1 Å². The van der Waals surface area contributed by atoms with Crippen LogP contribution in [0.5, 0.6) is 5.75 Å². The smallest absolute Gasteiger partial charge is 0.317 e. The van der Waals surface area contributed by atoms with Gasteiger partial charge in [-0.15, -0.1) is 0 Å². The Labute approximate surface area is 151 Å². The maximum Gasteiger partial charge on any atom is 0.317 e. The molecule has 2 fully saturated rings. The number of likely N-dealkylation sites (tertiary alicyclic amines) is 1. The van der Waals surface area contributed by atoms with Crippen molar-refractivity contribution >= 4 is 6.03 Å². The lowest BCUT2D eigenvalue weighted by Crippen LogP contribution is -2.42. The number of hydrogen-bond acceptors (Lipinski definition) is 3. The molecule has 2 aliphatic rings. The van der Waals surface area contributed by atoms with Crippen LogP contribution in [0.1, 0.15) is 44.6 Å². The van der Waals surface area contributed by atoms with Crippen molar-refractivity contribution in [2.75, 3.05) is 26.2 Å². The molecule has 138 valence electrons. The first-order valence-corrected chi connectivity index (χ1v) is 9.70. The number of nitrogens with one attached hydrogen (secondary N) is 1. The van der Waals surface area contributed by atoms with E-state index in [-0.39, 0.29) is 11.8 Å². The quantitative estimate of drug-likeness (QED) is 0.798. The average molecular weight is 345 g/mol. The van der Waals surface area contributed by atoms with Crippen molar-refractivity contribution in [1.82, 2.24) is 15.1 Å². The molecule has 0 bridgehead atoms. The summed E-state index contributed by atoms with van der Waals surface area (Å²) in [4.78, 5) is 17.0. The molecule has 1 saturated heterocycles. The van der Waals surface area contributed by atoms with Gasteiger partial charge in [-0.25, -0.2) is 4.79 Å². The van der Waals surface area contributed by atoms with Crippen molar-refractivity contribution in [2.24, 2.45) is 5.92 Å². The Kier molecular flexibility index (Phi) is 6.19. The molecular formula is C20H31N3O2. The number of phenols is 1. The lowest BCUT2D eigenvalue weighted by molar-refractivity contribution is 0.179. The van der Waals surface area contributed by atoms with Crippen LogP contribution in [-0.4, -0.2) is 53.2 Å². The van der Waals surface area contributed by atoms with Gasteiger partial charge in [0.2, 0.25) is 0 Å². The van der Waals surface area contributed by atoms with E-state index in [0.29, 0.717) is 12.6 Å². The summed E-state index contributed by atoms with van der Waals surface area (Å²) in [7, 11) is 0. The summed E-state index contributed by atoms with van der Waals surface area (Å²) in [5.74, 6) is 1.01. The highest BCUT2D eigenvalue weighted by Gasteiger charge is 2.32. The number of hydrogen-bond donors (Lipinski definition) is 2. The number of amides is 2. The lowest BCUT2D eigenvalue weighted by atomic mass is 9.93. The van der Waals surface area contributed by atoms with E-state index in [1.807, 2.05) is 17.0 Å². The molecule has 3 rings (SSSR count). The van der Waals surface area contributed by atoms with Gasteiger partial charge in [0.1, 0.15) is 5.75 Å². The number of piperidine rings is 1. The third kappa shape index (κ3) is 5.36. The number of nitrogens with zero attached hydrogens (tertiary/aromatic N) is 2. The van der Waals surface area contributed by atoms with Gasteiger partial charge in [0.05, 0.1) is 0 Å². The highest BCUT2D eigenvalue weighted by Crippen LogP contribution is 2.28. The fourth-order valence-corrected chi connectivity index (χ4v) is 3.63. The van der Waals surface area contributed by atoms with Crippen LogP contribution in [0.15, 0.2) is 24.3 Å². The van der Waals surface area contributed by atoms with Crippen LogP contribution in [0.25, 0.3) is 0 Å². The molecule has 1 heterocycles. The first kappa shape index (κ1) is 18.1. The van der Waals surface area contributed by atoms with Gasteiger partial charge in [0.15, 0.2) is 0 Å². The number of rotatable bonds is 7. The largest absolute Gasteiger partial charge is 0.508 e. The van der Waals surface area contributed by atoms with Crippen molar-refractivity contribution in [1.29, 1.82) is 0 Å². The molecule has 0 unspecified atom stereocenters. The molecule has 1 aromatic carbocycles. The number of carbonyl (C=O) groups is 1. The van der Waals surface area contributed by atoms with Gasteiger partial charge in [-0.1, -0.05) is 19.1 Å². The zero-order valence-electron chi connectivity index (χ0n) is 15.3. The fourth-order valence-electron chi connectivity index (χ4n) is 3.63. The maximum atomic E-state index is 12.6. The van der Waals surface area contributed by atoms with Gasteiger partial charge in [-0.3, -0.25) is 0 Å². The van der Waals surface area contributed by atoms with Gasteiger partial charge in [-0.2, -0.15) is 0 Å². The van der Waals surface area contributed by atoms with Gasteiger partial charge in [0.25, 0.3) is 0 Å². The summed E-state index contributed by atoms with van der Waals surface area (Å²) >= 11 is 0. The standard InChI is InChI=1S/C20H31N3O2/c1-2-22-13-10-16(11-14-22)9-12-21-20(25)23(18-5-6-18)15-17-3-7-19(24)8-4-17/h3-4,7-8,16,18,24H,2,5-6,9-15H2,1H3,(H,21,25). The van der Waals surface area contributed by atoms with Crippen LogP contribution >= 0.6 is 0 Å². The number of aromatic hydroxyl groups is 1. The molecule has 25 heavy (non-hydrogen) atoms. The third-order valence-corrected chi connectivity index (χ3v) is 5.52. The maximum absolute atomic E-state index is 12.6. The molecule has 0 aromatic heterocycles. The normalized spacial score (nSPS) is 18.9. The molecule has 5 heteroatoms. The summed E-state index contributed by atoms with van der Waals surface area (Å²) in [6, 6.07) is 7.57. The molecule has 0 spiro atoms. The SMILES string of the molecule is CCN1CCC(CCNC(=O)N(Cc2ccc(O)cc2)C2CC2)CC1. The van der Waals surface area contributed by atoms with Crippen LogP contribution in [0.4, 0.5) is 4.79 Å². The van der Waals surface area contributed by atoms with Gasteiger partial charge in [-0.05, 0) is 75.4 Å². The van der Waals surface area contributed by atoms with E-state index in [2.05, 4.69) is 17.1 Å². The van der Waals surface area contributed by atoms with Gasteiger partial charge < -0.3 is 20.2 Å². The summed E-state index contributed by atoms with van der Waals surface area (Å²) in [6.07, 6.45) is 5.79. The zero-order chi connectivity index (χ0) is 17.6. The number of urea groups is 1. The Bertz CT molecular complexity index is 549. The molecule has 1 aromatic rings. The number of phenolic OH excluding ortho intramolecular Hbond substituents is 1. The van der Waals surface area contributed by atoms with Crippen LogP contribution in [0, 0.1) is 5.92 Å². The second-order valence-corrected chi connectivity index (χ2v) is 7.42. The average Bonchev–Trinajstić information content (AvgIpc) is 3.46. The summed E-state index contributed by atoms with van der Waals surface area (Å²) in [5, 5.41) is 12.5. The molecule has 2 amide bonds. The molecule has 1 saturated carbocycles. The third-order valence-electron chi connectivity index (χ3n) is 5.52. The van der Waals surface area contributed by atoms with E-state index in [4.69, 9.17) is 0 Å². The summed E-state index contributed by atoms with van der Waals surface area (Å²) in [5.41, 5.74) is 1.06. The van der Waals surface area contributed by atoms with E-state index in [1.165, 1.54) is 25.9 Å². The first-order chi connectivity index (χ1) is 12.2. The first-order valence-electron chi connectivity index (χ1n) is 9.70. The summed E-state index contributed by atoms with van der Waals surface area (Å²) < 4.78 is 0. The molecule has 0 radical (unpaired) electrons. The molecule has 1 aliphatic carbocycles. The molecule has 0 atom stereocenters. The minimum Gasteiger partial charge on any atom is -0.508 e. The van der Waals surface area contributed by atoms with Crippen molar-refractivity contribution < 1.29 is 9.90 Å². The minimum absolute atomic E-state index is 0.0570. The summed E-state index contributed by atoms with van der Waals surface area (Å²) in [6.45, 7) is 7.16. The van der Waals surface area contributed by atoms with Crippen LogP contribution in [0.2, 0.25) is 0 Å². The highest BCUT2D eigenvalue weighted by atomic mass is 16.3. The molecule has 1 aliphatic heterocycles. The molecular weight excluding hydrogens is 314 g/mol. The Morgan fingerprint density at radius 1 is 1.20 bits per heavy atom. The predicted molar refractivity (Wildman–Crippen MR) is 99.5 cm³/mol. The second-order valence-electron chi connectivity index (χ2n) is 7.42. The van der Waals surface area contributed by atoms with Crippen molar-refractivity contribution in [3.63, 3.8) is 0 Å². The van der Waals surface area contributed by atoms with Crippen molar-refractivity contribution in [3.8, 4) is 5.75 Å². The second kappa shape index (κ2) is 8.56. The fraction of sp³-hybridized carbons (Fsp3) is 0.650. The van der Waals surface area contributed by atoms with Crippen LogP contribution < -0.4 is 5.32 Å². The zero-order valence-corrected chi connectivity index (χ0v) is 15.3. The molecule has 2 N–H and O–H groups in total. The lowest BCUT2D eigenvalue weighted by Gasteiger charge is -2.31. The highest BCUT2D eigenvalue weighted by molar-refractivity contribution is 5.74. The number of carbonyl (C=O) groups excluding carboxylic acids is 1. The Balaban J connectivity index is 1.43. The monoisotopic (exact) mass is 345 g/mol. The Hall–Kier alpha value is -1.75.